The summed E-state index contributed by atoms with van der Waals surface area (Å²) in [6, 6.07) is 3.40. The van der Waals surface area contributed by atoms with Gasteiger partial charge in [-0.15, -0.1) is 0 Å². The van der Waals surface area contributed by atoms with Crippen molar-refractivity contribution in [3.8, 4) is 5.75 Å². The number of benzene rings is 1. The summed E-state index contributed by atoms with van der Waals surface area (Å²) in [6.45, 7) is 3.29. The van der Waals surface area contributed by atoms with Crippen LogP contribution >= 0.6 is 45.2 Å². The van der Waals surface area contributed by atoms with Crippen LogP contribution in [0.5, 0.6) is 5.75 Å². The molecule has 0 saturated carbocycles. The zero-order chi connectivity index (χ0) is 11.8. The molecule has 0 bridgehead atoms. The van der Waals surface area contributed by atoms with E-state index in [-0.39, 0.29) is 5.75 Å². The topological polar surface area (TPSA) is 57.5 Å². The van der Waals surface area contributed by atoms with Crippen molar-refractivity contribution in [2.75, 3.05) is 0 Å². The third-order valence-electron chi connectivity index (χ3n) is 2.27. The van der Waals surface area contributed by atoms with Gasteiger partial charge in [0.05, 0.1) is 12.6 Å². The van der Waals surface area contributed by atoms with E-state index < -0.39 is 11.4 Å². The molecule has 0 radical (unpaired) electrons. The number of carboxylic acids is 1. The molecule has 0 heterocycles. The van der Waals surface area contributed by atoms with E-state index in [2.05, 4.69) is 0 Å². The van der Waals surface area contributed by atoms with Gasteiger partial charge in [0.1, 0.15) is 5.75 Å². The molecule has 0 fully saturated rings. The molecule has 0 unspecified atom stereocenters. The van der Waals surface area contributed by atoms with E-state index in [9.17, 15) is 9.90 Å². The van der Waals surface area contributed by atoms with Gasteiger partial charge in [-0.25, -0.2) is 0 Å². The average Bonchev–Trinajstić information content (AvgIpc) is 2.13. The smallest absolute Gasteiger partial charge is 0.313 e. The zero-order valence-electron chi connectivity index (χ0n) is 8.21. The Morgan fingerprint density at radius 3 is 2.00 bits per heavy atom. The Balaban J connectivity index is 3.34. The van der Waals surface area contributed by atoms with Crippen LogP contribution in [0.4, 0.5) is 0 Å². The predicted octanol–water partition coefficient (Wildman–Crippen LogP) is 2.96. The molecule has 0 atom stereocenters. The second kappa shape index (κ2) is 4.44. The van der Waals surface area contributed by atoms with Gasteiger partial charge in [0.15, 0.2) is 0 Å². The first kappa shape index (κ1) is 13.0. The van der Waals surface area contributed by atoms with Gasteiger partial charge in [-0.05, 0) is 76.7 Å². The second-order valence-corrected chi connectivity index (χ2v) is 6.04. The minimum absolute atomic E-state index is 0.209. The van der Waals surface area contributed by atoms with E-state index in [1.807, 2.05) is 45.2 Å². The molecule has 1 rings (SSSR count). The molecule has 0 spiro atoms. The minimum Gasteiger partial charge on any atom is -0.506 e. The maximum Gasteiger partial charge on any atom is 0.313 e. The third kappa shape index (κ3) is 2.55. The zero-order valence-corrected chi connectivity index (χ0v) is 12.5. The highest BCUT2D eigenvalue weighted by molar-refractivity contribution is 14.1. The fraction of sp³-hybridized carbons (Fsp3) is 0.300. The quantitative estimate of drug-likeness (QED) is 0.708. The highest BCUT2D eigenvalue weighted by Gasteiger charge is 2.30. The number of halogens is 2. The molecule has 82 valence electrons. The first-order valence-corrected chi connectivity index (χ1v) is 6.34. The van der Waals surface area contributed by atoms with Crippen molar-refractivity contribution in [1.29, 1.82) is 0 Å². The average molecular weight is 432 g/mol. The lowest BCUT2D eigenvalue weighted by molar-refractivity contribution is -0.142. The van der Waals surface area contributed by atoms with E-state index >= 15 is 0 Å². The molecular formula is C10H10I2O3. The summed E-state index contributed by atoms with van der Waals surface area (Å²) in [5.41, 5.74) is -0.241. The molecule has 0 aliphatic carbocycles. The van der Waals surface area contributed by atoms with E-state index in [1.165, 1.54) is 0 Å². The monoisotopic (exact) mass is 432 g/mol. The fourth-order valence-corrected chi connectivity index (χ4v) is 2.82. The first-order valence-electron chi connectivity index (χ1n) is 4.18. The highest BCUT2D eigenvalue weighted by Crippen LogP contribution is 2.32. The second-order valence-electron chi connectivity index (χ2n) is 3.72. The van der Waals surface area contributed by atoms with Crippen LogP contribution in [0, 0.1) is 7.14 Å². The number of hydrogen-bond donors (Lipinski definition) is 2. The number of aliphatic carboxylic acids is 1. The third-order valence-corrected chi connectivity index (χ3v) is 3.92. The maximum atomic E-state index is 11.1. The van der Waals surface area contributed by atoms with Crippen molar-refractivity contribution in [3.63, 3.8) is 0 Å². The van der Waals surface area contributed by atoms with E-state index in [0.717, 1.165) is 0 Å². The van der Waals surface area contributed by atoms with Crippen LogP contribution in [0.3, 0.4) is 0 Å². The van der Waals surface area contributed by atoms with Crippen molar-refractivity contribution >= 4 is 51.2 Å². The molecule has 0 aliphatic rings. The molecule has 15 heavy (non-hydrogen) atoms. The standard InChI is InChI=1S/C10H10I2O3/c1-10(2,9(14)15)5-3-6(11)8(13)7(12)4-5/h3-4,13H,1-2H3,(H,14,15). The molecule has 0 aliphatic heterocycles. The number of carbonyl (C=O) groups is 1. The van der Waals surface area contributed by atoms with E-state index in [0.29, 0.717) is 12.7 Å². The Morgan fingerprint density at radius 1 is 1.27 bits per heavy atom. The van der Waals surface area contributed by atoms with Crippen LogP contribution in [0.25, 0.3) is 0 Å². The number of phenolic OH excluding ortho intramolecular Hbond substituents is 1. The van der Waals surface area contributed by atoms with Crippen LogP contribution in [0.15, 0.2) is 12.1 Å². The summed E-state index contributed by atoms with van der Waals surface area (Å²) < 4.78 is 1.34. The van der Waals surface area contributed by atoms with Crippen LogP contribution in [-0.4, -0.2) is 16.2 Å². The molecule has 0 amide bonds. The van der Waals surface area contributed by atoms with Crippen LogP contribution in [-0.2, 0) is 10.2 Å². The summed E-state index contributed by atoms with van der Waals surface area (Å²) in [7, 11) is 0. The van der Waals surface area contributed by atoms with Crippen LogP contribution in [0.1, 0.15) is 19.4 Å². The largest absolute Gasteiger partial charge is 0.506 e. The fourth-order valence-electron chi connectivity index (χ4n) is 1.05. The van der Waals surface area contributed by atoms with Gasteiger partial charge < -0.3 is 10.2 Å². The molecule has 0 saturated heterocycles. The number of phenols is 1. The van der Waals surface area contributed by atoms with Crippen molar-refractivity contribution in [1.82, 2.24) is 0 Å². The van der Waals surface area contributed by atoms with Crippen molar-refractivity contribution in [2.24, 2.45) is 0 Å². The Hall–Kier alpha value is -0.0500. The van der Waals surface area contributed by atoms with Crippen molar-refractivity contribution in [3.05, 3.63) is 24.8 Å². The summed E-state index contributed by atoms with van der Waals surface area (Å²) in [4.78, 5) is 11.1. The molecule has 1 aromatic rings. The lowest BCUT2D eigenvalue weighted by Crippen LogP contribution is -2.28. The Morgan fingerprint density at radius 2 is 1.67 bits per heavy atom. The number of carboxylic acid groups (broad SMARTS) is 1. The lowest BCUT2D eigenvalue weighted by Gasteiger charge is -2.20. The molecule has 1 aromatic carbocycles. The van der Waals surface area contributed by atoms with Gasteiger partial charge in [-0.2, -0.15) is 0 Å². The SMILES string of the molecule is CC(C)(C(=O)O)c1cc(I)c(O)c(I)c1. The van der Waals surface area contributed by atoms with Crippen LogP contribution in [0.2, 0.25) is 0 Å². The van der Waals surface area contributed by atoms with E-state index in [1.54, 1.807) is 26.0 Å². The van der Waals surface area contributed by atoms with Gasteiger partial charge in [0.2, 0.25) is 0 Å². The van der Waals surface area contributed by atoms with Gasteiger partial charge in [-0.3, -0.25) is 4.79 Å². The van der Waals surface area contributed by atoms with E-state index in [4.69, 9.17) is 5.11 Å². The number of aromatic hydroxyl groups is 1. The lowest BCUT2D eigenvalue weighted by atomic mass is 9.85. The summed E-state index contributed by atoms with van der Waals surface area (Å²) in [5.74, 6) is -0.666. The van der Waals surface area contributed by atoms with Crippen molar-refractivity contribution in [2.45, 2.75) is 19.3 Å². The Bertz CT molecular complexity index is 390. The molecule has 2 N–H and O–H groups in total. The Kier molecular flexibility index (Phi) is 3.85. The molecule has 0 aromatic heterocycles. The molecule has 5 heteroatoms. The summed E-state index contributed by atoms with van der Waals surface area (Å²) in [5, 5.41) is 18.7. The van der Waals surface area contributed by atoms with Gasteiger partial charge in [0, 0.05) is 0 Å². The highest BCUT2D eigenvalue weighted by atomic mass is 127. The first-order chi connectivity index (χ1) is 6.76. The Labute approximate surface area is 115 Å². The summed E-state index contributed by atoms with van der Waals surface area (Å²) in [6.07, 6.45) is 0. The van der Waals surface area contributed by atoms with Gasteiger partial charge in [0.25, 0.3) is 0 Å². The van der Waals surface area contributed by atoms with Gasteiger partial charge in [-0.1, -0.05) is 0 Å². The molecule has 3 nitrogen and oxygen atoms in total. The van der Waals surface area contributed by atoms with Crippen molar-refractivity contribution < 1.29 is 15.0 Å². The number of rotatable bonds is 2. The predicted molar refractivity (Wildman–Crippen MR) is 74.2 cm³/mol. The maximum absolute atomic E-state index is 11.1. The van der Waals surface area contributed by atoms with Crippen LogP contribution < -0.4 is 0 Å². The number of hydrogen-bond acceptors (Lipinski definition) is 2. The van der Waals surface area contributed by atoms with Gasteiger partial charge >= 0.3 is 5.97 Å². The summed E-state index contributed by atoms with van der Waals surface area (Å²) >= 11 is 3.98. The minimum atomic E-state index is -0.937. The normalized spacial score (nSPS) is 11.5. The molecular weight excluding hydrogens is 422 g/mol.